The van der Waals surface area contributed by atoms with E-state index < -0.39 is 18.5 Å². The van der Waals surface area contributed by atoms with Gasteiger partial charge in [-0.2, -0.15) is 0 Å². The molecule has 1 aliphatic rings. The molecule has 0 aliphatic carbocycles. The number of hydrogen-bond donors (Lipinski definition) is 1. The molecule has 2 heterocycles. The van der Waals surface area contributed by atoms with E-state index in [1.165, 1.54) is 4.90 Å². The molecule has 0 unspecified atom stereocenters. The normalized spacial score (nSPS) is 13.2. The van der Waals surface area contributed by atoms with Gasteiger partial charge in [0.05, 0.1) is 16.9 Å². The molecular formula is C20H17N3O4. The van der Waals surface area contributed by atoms with Crippen molar-refractivity contribution in [2.45, 2.75) is 0 Å². The van der Waals surface area contributed by atoms with Crippen molar-refractivity contribution >= 4 is 40.1 Å². The molecule has 136 valence electrons. The first-order chi connectivity index (χ1) is 13.0. The summed E-state index contributed by atoms with van der Waals surface area (Å²) in [4.78, 5) is 38.2. The molecule has 3 aromatic rings. The first kappa shape index (κ1) is 16.8. The quantitative estimate of drug-likeness (QED) is 0.724. The highest BCUT2D eigenvalue weighted by atomic mass is 16.5. The van der Waals surface area contributed by atoms with Crippen molar-refractivity contribution in [1.29, 1.82) is 0 Å². The maximum atomic E-state index is 12.6. The molecule has 0 bridgehead atoms. The smallest absolute Gasteiger partial charge is 0.340 e. The maximum Gasteiger partial charge on any atom is 0.340 e. The van der Waals surface area contributed by atoms with Crippen LogP contribution in [0, 0.1) is 0 Å². The van der Waals surface area contributed by atoms with Crippen molar-refractivity contribution in [3.63, 3.8) is 0 Å². The number of nitrogens with one attached hydrogen (secondary N) is 1. The number of nitrogens with zero attached hydrogens (tertiary/aromatic N) is 2. The number of para-hydroxylation sites is 3. The Labute approximate surface area is 155 Å². The van der Waals surface area contributed by atoms with Crippen LogP contribution in [0.4, 0.5) is 11.4 Å². The number of benzene rings is 2. The number of ether oxygens (including phenoxy) is 1. The number of fused-ring (bicyclic) bond motifs is 2. The van der Waals surface area contributed by atoms with Crippen LogP contribution < -0.4 is 10.2 Å². The molecular weight excluding hydrogens is 346 g/mol. The second-order valence-electron chi connectivity index (χ2n) is 6.29. The van der Waals surface area contributed by atoms with Gasteiger partial charge in [-0.05, 0) is 18.2 Å². The predicted molar refractivity (Wildman–Crippen MR) is 101 cm³/mol. The topological polar surface area (TPSA) is 80.6 Å². The van der Waals surface area contributed by atoms with Crippen LogP contribution in [0.25, 0.3) is 10.9 Å². The zero-order valence-electron chi connectivity index (χ0n) is 14.6. The first-order valence-electron chi connectivity index (χ1n) is 8.45. The van der Waals surface area contributed by atoms with Crippen LogP contribution in [-0.4, -0.2) is 35.5 Å². The molecule has 1 N–H and O–H groups in total. The van der Waals surface area contributed by atoms with Gasteiger partial charge in [-0.15, -0.1) is 0 Å². The van der Waals surface area contributed by atoms with E-state index in [2.05, 4.69) is 5.32 Å². The molecule has 0 radical (unpaired) electrons. The maximum absolute atomic E-state index is 12.6. The van der Waals surface area contributed by atoms with Crippen molar-refractivity contribution in [1.82, 2.24) is 4.57 Å². The van der Waals surface area contributed by atoms with Gasteiger partial charge in [0.1, 0.15) is 6.54 Å². The molecule has 1 aliphatic heterocycles. The summed E-state index contributed by atoms with van der Waals surface area (Å²) in [5, 5.41) is 3.48. The largest absolute Gasteiger partial charge is 0.452 e. The molecule has 2 aromatic carbocycles. The van der Waals surface area contributed by atoms with Crippen LogP contribution >= 0.6 is 0 Å². The van der Waals surface area contributed by atoms with E-state index in [1.807, 2.05) is 35.9 Å². The number of esters is 1. The van der Waals surface area contributed by atoms with Crippen LogP contribution in [0.3, 0.4) is 0 Å². The molecule has 1 aromatic heterocycles. The van der Waals surface area contributed by atoms with Gasteiger partial charge in [-0.25, -0.2) is 4.79 Å². The molecule has 0 fully saturated rings. The molecule has 7 nitrogen and oxygen atoms in total. The lowest BCUT2D eigenvalue weighted by atomic mass is 10.2. The van der Waals surface area contributed by atoms with Crippen LogP contribution in [0.2, 0.25) is 0 Å². The molecule has 0 saturated heterocycles. The summed E-state index contributed by atoms with van der Waals surface area (Å²) in [5.41, 5.74) is 2.45. The summed E-state index contributed by atoms with van der Waals surface area (Å²) >= 11 is 0. The van der Waals surface area contributed by atoms with Crippen LogP contribution in [0.5, 0.6) is 0 Å². The lowest BCUT2D eigenvalue weighted by Gasteiger charge is -2.28. The van der Waals surface area contributed by atoms with Gasteiger partial charge < -0.3 is 14.6 Å². The number of anilines is 2. The van der Waals surface area contributed by atoms with E-state index in [9.17, 15) is 14.4 Å². The molecule has 4 rings (SSSR count). The zero-order valence-corrected chi connectivity index (χ0v) is 14.6. The van der Waals surface area contributed by atoms with Gasteiger partial charge in [-0.1, -0.05) is 30.3 Å². The number of aryl methyl sites for hydroxylation is 1. The Hall–Kier alpha value is -3.61. The van der Waals surface area contributed by atoms with Crippen molar-refractivity contribution in [2.75, 3.05) is 23.4 Å². The van der Waals surface area contributed by atoms with Gasteiger partial charge in [0.15, 0.2) is 6.61 Å². The fourth-order valence-corrected chi connectivity index (χ4v) is 3.24. The number of carbonyl (C=O) groups is 3. The summed E-state index contributed by atoms with van der Waals surface area (Å²) in [7, 11) is 1.84. The highest BCUT2D eigenvalue weighted by molar-refractivity contribution is 6.11. The number of aromatic nitrogens is 1. The summed E-state index contributed by atoms with van der Waals surface area (Å²) in [5.74, 6) is -1.32. The van der Waals surface area contributed by atoms with Crippen molar-refractivity contribution in [2.24, 2.45) is 7.05 Å². The molecule has 0 saturated carbocycles. The van der Waals surface area contributed by atoms with Crippen molar-refractivity contribution in [3.05, 3.63) is 60.3 Å². The third-order valence-electron chi connectivity index (χ3n) is 4.52. The Morgan fingerprint density at radius 3 is 2.70 bits per heavy atom. The van der Waals surface area contributed by atoms with Crippen LogP contribution in [0.15, 0.2) is 54.7 Å². The Kier molecular flexibility index (Phi) is 4.12. The third-order valence-corrected chi connectivity index (χ3v) is 4.52. The van der Waals surface area contributed by atoms with E-state index in [1.54, 1.807) is 30.5 Å². The number of hydrogen-bond acceptors (Lipinski definition) is 4. The van der Waals surface area contributed by atoms with Gasteiger partial charge in [0.2, 0.25) is 5.91 Å². The van der Waals surface area contributed by atoms with Gasteiger partial charge >= 0.3 is 5.97 Å². The standard InChI is InChI=1S/C20H17N3O4/c1-22-10-14(13-6-2-4-8-16(13)22)20(26)27-12-19(25)23-11-18(24)21-15-7-3-5-9-17(15)23/h2-10H,11-12H2,1H3,(H,21,24). The van der Waals surface area contributed by atoms with Crippen LogP contribution in [0.1, 0.15) is 10.4 Å². The number of rotatable bonds is 3. The predicted octanol–water partition coefficient (Wildman–Crippen LogP) is 2.32. The minimum Gasteiger partial charge on any atom is -0.452 e. The average molecular weight is 363 g/mol. The number of amides is 2. The van der Waals surface area contributed by atoms with Gasteiger partial charge in [0.25, 0.3) is 5.91 Å². The van der Waals surface area contributed by atoms with E-state index in [4.69, 9.17) is 4.74 Å². The molecule has 7 heteroatoms. The summed E-state index contributed by atoms with van der Waals surface area (Å²) in [6, 6.07) is 14.5. The fraction of sp³-hybridized carbons (Fsp3) is 0.150. The molecule has 0 atom stereocenters. The Bertz CT molecular complexity index is 1070. The lowest BCUT2D eigenvalue weighted by Crippen LogP contribution is -2.44. The van der Waals surface area contributed by atoms with Crippen LogP contribution in [-0.2, 0) is 21.4 Å². The molecule has 0 spiro atoms. The Balaban J connectivity index is 1.51. The van der Waals surface area contributed by atoms with E-state index in [-0.39, 0.29) is 12.5 Å². The summed E-state index contributed by atoms with van der Waals surface area (Å²) in [6.07, 6.45) is 1.68. The van der Waals surface area contributed by atoms with E-state index >= 15 is 0 Å². The van der Waals surface area contributed by atoms with Gasteiger partial charge in [-0.3, -0.25) is 14.5 Å². The highest BCUT2D eigenvalue weighted by Crippen LogP contribution is 2.29. The summed E-state index contributed by atoms with van der Waals surface area (Å²) in [6.45, 7) is -0.550. The summed E-state index contributed by atoms with van der Waals surface area (Å²) < 4.78 is 7.07. The average Bonchev–Trinajstić information content (AvgIpc) is 3.02. The minimum absolute atomic E-state index is 0.109. The van der Waals surface area contributed by atoms with Gasteiger partial charge in [0, 0.05) is 24.1 Å². The molecule has 2 amide bonds. The Morgan fingerprint density at radius 2 is 1.85 bits per heavy atom. The lowest BCUT2D eigenvalue weighted by molar-refractivity contribution is -0.124. The third kappa shape index (κ3) is 3.03. The molecule has 27 heavy (non-hydrogen) atoms. The van der Waals surface area contributed by atoms with E-state index in [0.29, 0.717) is 16.9 Å². The zero-order chi connectivity index (χ0) is 19.0. The first-order valence-corrected chi connectivity index (χ1v) is 8.45. The monoisotopic (exact) mass is 363 g/mol. The SMILES string of the molecule is Cn1cc(C(=O)OCC(=O)N2CC(=O)Nc3ccccc32)c2ccccc21. The highest BCUT2D eigenvalue weighted by Gasteiger charge is 2.27. The minimum atomic E-state index is -0.574. The van der Waals surface area contributed by atoms with Crippen molar-refractivity contribution < 1.29 is 19.1 Å². The Morgan fingerprint density at radius 1 is 1.11 bits per heavy atom. The van der Waals surface area contributed by atoms with Crippen molar-refractivity contribution in [3.8, 4) is 0 Å². The second kappa shape index (κ2) is 6.60. The number of carbonyl (C=O) groups excluding carboxylic acids is 3. The van der Waals surface area contributed by atoms with E-state index in [0.717, 1.165) is 10.9 Å². The fourth-order valence-electron chi connectivity index (χ4n) is 3.24. The second-order valence-corrected chi connectivity index (χ2v) is 6.29.